The molecule has 0 unspecified atom stereocenters. The van der Waals surface area contributed by atoms with E-state index in [2.05, 4.69) is 115 Å². The molecule has 2 aromatic carbocycles. The maximum absolute atomic E-state index is 4.35. The summed E-state index contributed by atoms with van der Waals surface area (Å²) in [5, 5.41) is 0. The van der Waals surface area contributed by atoms with E-state index in [0.29, 0.717) is 0 Å². The molecule has 0 bridgehead atoms. The molecule has 1 aliphatic carbocycles. The average Bonchev–Trinajstić information content (AvgIpc) is 3.68. The summed E-state index contributed by atoms with van der Waals surface area (Å²) >= 11 is 4.35. The fraction of sp³-hybridized carbons (Fsp3) is 0.474. The van der Waals surface area contributed by atoms with Crippen molar-refractivity contribution < 1.29 is 0 Å². The zero-order valence-electron chi connectivity index (χ0n) is 28.0. The van der Waals surface area contributed by atoms with Crippen LogP contribution in [0.15, 0.2) is 85.0 Å². The molecule has 0 saturated carbocycles. The number of benzene rings is 2. The number of rotatable bonds is 8. The number of unbranched alkanes of at least 4 members (excludes halogenated alkanes) is 3. The molecule has 0 nitrogen and oxygen atoms in total. The lowest BCUT2D eigenvalue weighted by molar-refractivity contribution is 0.702. The van der Waals surface area contributed by atoms with Crippen LogP contribution in [0, 0.1) is 6.92 Å². The summed E-state index contributed by atoms with van der Waals surface area (Å²) in [6.45, 7) is 34.7. The van der Waals surface area contributed by atoms with Crippen LogP contribution >= 0.6 is 12.6 Å². The number of hydrogen-bond acceptors (Lipinski definition) is 1. The molecule has 0 aliphatic heterocycles. The van der Waals surface area contributed by atoms with Gasteiger partial charge in [0, 0.05) is 4.91 Å². The van der Waals surface area contributed by atoms with Crippen molar-refractivity contribution in [2.75, 3.05) is 0 Å². The molecule has 0 heterocycles. The minimum absolute atomic E-state index is 0.822. The van der Waals surface area contributed by atoms with Crippen molar-refractivity contribution in [2.45, 2.75) is 122 Å². The van der Waals surface area contributed by atoms with E-state index in [9.17, 15) is 0 Å². The molecule has 0 amide bonds. The molecule has 2 aromatic rings. The SMILES string of the molecule is C=C.C=C(S)c1cccc(CC2=C(CC)C/2=C\c2ccc(C)cc2)c1.CC.CC.CC.CC.CCCCCC. The largest absolute Gasteiger partial charge is 0.143 e. The lowest BCUT2D eigenvalue weighted by atomic mass is 10.1. The Kier molecular flexibility index (Phi) is 35.9. The fourth-order valence-corrected chi connectivity index (χ4v) is 3.60. The Labute approximate surface area is 251 Å². The Morgan fingerprint density at radius 1 is 0.744 bits per heavy atom. The second-order valence-electron chi connectivity index (χ2n) is 7.81. The van der Waals surface area contributed by atoms with Gasteiger partial charge in [0.25, 0.3) is 0 Å². The highest BCUT2D eigenvalue weighted by molar-refractivity contribution is 7.90. The molecule has 39 heavy (non-hydrogen) atoms. The highest BCUT2D eigenvalue weighted by Gasteiger charge is 2.27. The standard InChI is InChI=1S/C22H22S.C6H14.4C2H6.C2H4/c1-4-20-21(13-17-10-8-15(2)9-11-17)22(20)14-18-6-5-7-19(12-18)16(3)23;1-3-5-6-4-2;5*1-2/h5-13,23H,3-4,14H2,1-2H3;3-6H2,1-2H3;4*1-2H3;1-2H2/b21-13+;;;;;;. The van der Waals surface area contributed by atoms with Crippen molar-refractivity contribution in [1.29, 1.82) is 0 Å². The van der Waals surface area contributed by atoms with E-state index in [1.54, 1.807) is 0 Å². The van der Waals surface area contributed by atoms with E-state index in [-0.39, 0.29) is 0 Å². The van der Waals surface area contributed by atoms with Gasteiger partial charge in [0.05, 0.1) is 0 Å². The zero-order valence-corrected chi connectivity index (χ0v) is 28.9. The normalized spacial score (nSPS) is 11.1. The molecule has 0 fully saturated rings. The minimum Gasteiger partial charge on any atom is -0.143 e. The maximum atomic E-state index is 4.35. The Morgan fingerprint density at radius 3 is 1.64 bits per heavy atom. The molecule has 0 atom stereocenters. The van der Waals surface area contributed by atoms with Gasteiger partial charge in [-0.25, -0.2) is 0 Å². The molecular formula is C38H64S. The van der Waals surface area contributed by atoms with Gasteiger partial charge < -0.3 is 0 Å². The molecule has 0 radical (unpaired) electrons. The lowest BCUT2D eigenvalue weighted by Crippen LogP contribution is -1.85. The number of aryl methyl sites for hydroxylation is 1. The van der Waals surface area contributed by atoms with Crippen LogP contribution in [0.4, 0.5) is 0 Å². The number of thiol groups is 1. The van der Waals surface area contributed by atoms with Gasteiger partial charge in [-0.05, 0) is 59.3 Å². The zero-order chi connectivity index (χ0) is 31.2. The average molecular weight is 553 g/mol. The van der Waals surface area contributed by atoms with Crippen LogP contribution in [0.25, 0.3) is 11.0 Å². The third-order valence-electron chi connectivity index (χ3n) is 5.29. The Hall–Kier alpha value is -2.25. The van der Waals surface area contributed by atoms with Crippen molar-refractivity contribution in [3.63, 3.8) is 0 Å². The second-order valence-corrected chi connectivity index (χ2v) is 8.35. The highest BCUT2D eigenvalue weighted by atomic mass is 32.1. The summed E-state index contributed by atoms with van der Waals surface area (Å²) < 4.78 is 0. The predicted octanol–water partition coefficient (Wildman–Crippen LogP) is 13.7. The molecule has 3 rings (SSSR count). The van der Waals surface area contributed by atoms with Gasteiger partial charge in [0.2, 0.25) is 0 Å². The molecule has 222 valence electrons. The van der Waals surface area contributed by atoms with Gasteiger partial charge in [0.1, 0.15) is 0 Å². The summed E-state index contributed by atoms with van der Waals surface area (Å²) in [5.74, 6) is 0. The van der Waals surface area contributed by atoms with Crippen molar-refractivity contribution in [2.24, 2.45) is 0 Å². The van der Waals surface area contributed by atoms with Gasteiger partial charge in [0.15, 0.2) is 0 Å². The first-order valence-electron chi connectivity index (χ1n) is 15.5. The van der Waals surface area contributed by atoms with Gasteiger partial charge in [-0.2, -0.15) is 0 Å². The van der Waals surface area contributed by atoms with E-state index < -0.39 is 0 Å². The van der Waals surface area contributed by atoms with E-state index in [1.807, 2.05) is 55.4 Å². The molecule has 1 aliphatic rings. The third kappa shape index (κ3) is 20.3. The van der Waals surface area contributed by atoms with E-state index >= 15 is 0 Å². The Morgan fingerprint density at radius 2 is 1.23 bits per heavy atom. The summed E-state index contributed by atoms with van der Waals surface area (Å²) in [7, 11) is 0. The van der Waals surface area contributed by atoms with Crippen molar-refractivity contribution in [1.82, 2.24) is 0 Å². The van der Waals surface area contributed by atoms with Crippen LogP contribution in [-0.2, 0) is 6.42 Å². The summed E-state index contributed by atoms with van der Waals surface area (Å²) in [6, 6.07) is 17.2. The Bertz CT molecular complexity index is 877. The topological polar surface area (TPSA) is 0 Å². The number of hydrogen-bond donors (Lipinski definition) is 1. The van der Waals surface area contributed by atoms with E-state index in [0.717, 1.165) is 23.3 Å². The number of allylic oxidation sites excluding steroid dienone is 3. The van der Waals surface area contributed by atoms with Gasteiger partial charge in [-0.15, -0.1) is 25.8 Å². The Balaban J connectivity index is -0.000000324. The highest BCUT2D eigenvalue weighted by Crippen LogP contribution is 2.44. The van der Waals surface area contributed by atoms with Crippen LogP contribution in [0.2, 0.25) is 0 Å². The maximum Gasteiger partial charge on any atom is 0.00406 e. The minimum atomic E-state index is 0.822. The molecule has 1 heteroatoms. The van der Waals surface area contributed by atoms with Crippen LogP contribution in [0.3, 0.4) is 0 Å². The summed E-state index contributed by atoms with van der Waals surface area (Å²) in [5.41, 5.74) is 9.46. The molecule has 0 N–H and O–H groups in total. The van der Waals surface area contributed by atoms with Crippen LogP contribution in [0.5, 0.6) is 0 Å². The van der Waals surface area contributed by atoms with Crippen molar-refractivity contribution in [3.05, 3.63) is 107 Å². The monoisotopic (exact) mass is 552 g/mol. The van der Waals surface area contributed by atoms with Crippen LogP contribution in [0.1, 0.15) is 131 Å². The van der Waals surface area contributed by atoms with Crippen molar-refractivity contribution in [3.8, 4) is 0 Å². The first kappa shape index (κ1) is 43.8. The molecule has 0 saturated heterocycles. The van der Waals surface area contributed by atoms with Gasteiger partial charge in [-0.1, -0.05) is 163 Å². The quantitative estimate of drug-likeness (QED) is 0.188. The fourth-order valence-electron chi connectivity index (χ4n) is 3.46. The van der Waals surface area contributed by atoms with Crippen molar-refractivity contribution >= 4 is 23.6 Å². The summed E-state index contributed by atoms with van der Waals surface area (Å²) in [4.78, 5) is 0.822. The second kappa shape index (κ2) is 32.0. The molecular weight excluding hydrogens is 488 g/mol. The van der Waals surface area contributed by atoms with Gasteiger partial charge in [-0.3, -0.25) is 0 Å². The lowest BCUT2D eigenvalue weighted by Gasteiger charge is -2.02. The third-order valence-corrected chi connectivity index (χ3v) is 5.55. The predicted molar refractivity (Wildman–Crippen MR) is 191 cm³/mol. The summed E-state index contributed by atoms with van der Waals surface area (Å²) in [6.07, 6.45) is 9.95. The van der Waals surface area contributed by atoms with Crippen LogP contribution < -0.4 is 0 Å². The first-order valence-corrected chi connectivity index (χ1v) is 15.9. The molecule has 0 spiro atoms. The smallest absolute Gasteiger partial charge is 0.00406 e. The van der Waals surface area contributed by atoms with E-state index in [1.165, 1.54) is 59.1 Å². The first-order chi connectivity index (χ1) is 19.0. The van der Waals surface area contributed by atoms with Gasteiger partial charge >= 0.3 is 0 Å². The molecule has 0 aromatic heterocycles. The van der Waals surface area contributed by atoms with Crippen LogP contribution in [-0.4, -0.2) is 0 Å². The van der Waals surface area contributed by atoms with E-state index in [4.69, 9.17) is 0 Å².